The first-order chi connectivity index (χ1) is 20.2. The number of rotatable bonds is 12. The summed E-state index contributed by atoms with van der Waals surface area (Å²) in [5.41, 5.74) is 0. The van der Waals surface area contributed by atoms with Crippen LogP contribution in [-0.4, -0.2) is 74.2 Å². The monoisotopic (exact) mass is 764 g/mol. The van der Waals surface area contributed by atoms with Gasteiger partial charge in [0.25, 0.3) is 0 Å². The van der Waals surface area contributed by atoms with Crippen molar-refractivity contribution >= 4 is 43.5 Å². The molecule has 0 spiro atoms. The van der Waals surface area contributed by atoms with E-state index < -0.39 is 43.5 Å². The van der Waals surface area contributed by atoms with E-state index in [4.69, 9.17) is 0 Å². The molecule has 0 unspecified atom stereocenters. The maximum Gasteiger partial charge on any atom is 0.673 e. The Hall–Kier alpha value is -1.33. The molecule has 0 aliphatic carbocycles. The quantitative estimate of drug-likeness (QED) is 0.106. The highest BCUT2D eigenvalue weighted by Gasteiger charge is 2.25. The van der Waals surface area contributed by atoms with E-state index >= 15 is 0 Å². The molecule has 0 fully saturated rings. The number of quaternary nitrogens is 1. The van der Waals surface area contributed by atoms with Crippen molar-refractivity contribution in [2.75, 3.05) is 26.2 Å². The van der Waals surface area contributed by atoms with Crippen molar-refractivity contribution in [1.29, 1.82) is 0 Å². The predicted molar refractivity (Wildman–Crippen MR) is 140 cm³/mol. The molecule has 0 N–H and O–H groups in total. The molecule has 0 saturated heterocycles. The van der Waals surface area contributed by atoms with Crippen LogP contribution in [0.25, 0.3) is 0 Å². The summed E-state index contributed by atoms with van der Waals surface area (Å²) in [6, 6.07) is 0. The van der Waals surface area contributed by atoms with Gasteiger partial charge in [0.05, 0.1) is 26.2 Å². The summed E-state index contributed by atoms with van der Waals surface area (Å²) in [6.45, 7) is 15.0. The summed E-state index contributed by atoms with van der Waals surface area (Å²) in [4.78, 5) is 0. The van der Waals surface area contributed by atoms with Crippen molar-refractivity contribution in [3.8, 4) is 0 Å². The first-order valence-electron chi connectivity index (χ1n) is 13.3. The van der Waals surface area contributed by atoms with E-state index in [2.05, 4.69) is 27.7 Å². The summed E-state index contributed by atoms with van der Waals surface area (Å²) in [5.74, 6) is 0. The third-order valence-electron chi connectivity index (χ3n) is 3.94. The van der Waals surface area contributed by atoms with E-state index in [-0.39, 0.29) is 0 Å². The standard InChI is InChI=1S/C16H36N.6BF4/c1-5-9-13-17(14-10-6-2,15-11-7-3)16-12-8-4;6*2-1(3,4)5/h5-16H2,1-4H3;;;;;;/q+1;6*-1. The summed E-state index contributed by atoms with van der Waals surface area (Å²) in [5, 5.41) is 0. The molecule has 1 nitrogen and oxygen atoms in total. The summed E-state index contributed by atoms with van der Waals surface area (Å²) < 4.78 is 235. The van der Waals surface area contributed by atoms with Crippen LogP contribution in [0.5, 0.6) is 0 Å². The normalized spacial score (nSPS) is 12.0. The van der Waals surface area contributed by atoms with Gasteiger partial charge in [0, 0.05) is 0 Å². The molecule has 0 aromatic carbocycles. The fourth-order valence-electron chi connectivity index (χ4n) is 2.64. The minimum atomic E-state index is -6.00. The average molecular weight is 763 g/mol. The smallest absolute Gasteiger partial charge is 0.418 e. The van der Waals surface area contributed by atoms with E-state index in [1.807, 2.05) is 0 Å². The minimum Gasteiger partial charge on any atom is -0.418 e. The second-order valence-electron chi connectivity index (χ2n) is 8.62. The Balaban J connectivity index is -0.0000000884. The highest BCUT2D eigenvalue weighted by Crippen LogP contribution is 2.16. The molecule has 296 valence electrons. The van der Waals surface area contributed by atoms with Crippen LogP contribution in [0.15, 0.2) is 0 Å². The minimum absolute atomic E-state index is 1.35. The Morgan fingerprint density at radius 2 is 0.340 bits per heavy atom. The van der Waals surface area contributed by atoms with Gasteiger partial charge in [0.15, 0.2) is 0 Å². The van der Waals surface area contributed by atoms with Crippen LogP contribution in [0.3, 0.4) is 0 Å². The molecule has 0 bridgehead atoms. The van der Waals surface area contributed by atoms with E-state index in [0.717, 1.165) is 0 Å². The lowest BCUT2D eigenvalue weighted by molar-refractivity contribution is -0.929. The Morgan fingerprint density at radius 1 is 0.255 bits per heavy atom. The SMILES string of the molecule is CCCC[N+](CCCC)(CCCC)CCCC.F[B-](F)(F)F.F[B-](F)(F)F.F[B-](F)(F)F.F[B-](F)(F)F.F[B-](F)(F)F.F[B-](F)(F)F. The number of nitrogens with zero attached hydrogens (tertiary/aromatic N) is 1. The summed E-state index contributed by atoms with van der Waals surface area (Å²) in [7, 11) is -36.0. The highest BCUT2D eigenvalue weighted by molar-refractivity contribution is 6.51. The van der Waals surface area contributed by atoms with Gasteiger partial charge in [-0.1, -0.05) is 53.4 Å². The number of halogens is 24. The fourth-order valence-corrected chi connectivity index (χ4v) is 2.64. The molecule has 0 heterocycles. The first kappa shape index (κ1) is 60.9. The van der Waals surface area contributed by atoms with Crippen LogP contribution >= 0.6 is 0 Å². The van der Waals surface area contributed by atoms with E-state index in [9.17, 15) is 104 Å². The second-order valence-corrected chi connectivity index (χ2v) is 8.62. The van der Waals surface area contributed by atoms with Crippen LogP contribution < -0.4 is 0 Å². The van der Waals surface area contributed by atoms with Crippen LogP contribution in [0, 0.1) is 0 Å². The zero-order valence-electron chi connectivity index (χ0n) is 25.5. The lowest BCUT2D eigenvalue weighted by Gasteiger charge is -2.39. The average Bonchev–Trinajstić information content (AvgIpc) is 2.71. The van der Waals surface area contributed by atoms with Crippen LogP contribution in [-0.2, 0) is 0 Å². The van der Waals surface area contributed by atoms with E-state index in [0.29, 0.717) is 0 Å². The fraction of sp³-hybridized carbons (Fsp3) is 1.00. The first-order valence-corrected chi connectivity index (χ1v) is 13.3. The zero-order chi connectivity index (χ0) is 40.0. The third-order valence-corrected chi connectivity index (χ3v) is 3.94. The van der Waals surface area contributed by atoms with Crippen molar-refractivity contribution in [3.63, 3.8) is 0 Å². The van der Waals surface area contributed by atoms with Gasteiger partial charge in [-0.05, 0) is 25.7 Å². The number of hydrogen-bond donors (Lipinski definition) is 0. The van der Waals surface area contributed by atoms with Crippen LogP contribution in [0.1, 0.15) is 79.1 Å². The molecule has 47 heavy (non-hydrogen) atoms. The van der Waals surface area contributed by atoms with E-state index in [1.54, 1.807) is 0 Å². The lowest BCUT2D eigenvalue weighted by atomic mass is 10.1. The molecule has 31 heteroatoms. The lowest BCUT2D eigenvalue weighted by Crippen LogP contribution is -2.50. The van der Waals surface area contributed by atoms with Gasteiger partial charge in [-0.2, -0.15) is 0 Å². The van der Waals surface area contributed by atoms with Crippen molar-refractivity contribution in [2.24, 2.45) is 0 Å². The molecule has 0 radical (unpaired) electrons. The Bertz CT molecular complexity index is 467. The Labute approximate surface area is 257 Å². The molecule has 0 aromatic rings. The molecule has 0 amide bonds. The van der Waals surface area contributed by atoms with Crippen molar-refractivity contribution in [1.82, 2.24) is 0 Å². The maximum absolute atomic E-state index is 9.75. The molecule has 0 saturated carbocycles. The van der Waals surface area contributed by atoms with Crippen LogP contribution in [0.2, 0.25) is 0 Å². The molecule has 0 aliphatic heterocycles. The van der Waals surface area contributed by atoms with E-state index in [1.165, 1.54) is 82.0 Å². The molecule has 0 rings (SSSR count). The largest absolute Gasteiger partial charge is 0.673 e. The van der Waals surface area contributed by atoms with Crippen molar-refractivity contribution < 1.29 is 108 Å². The molecular formula is C16H36B6F24N-5. The van der Waals surface area contributed by atoms with Crippen molar-refractivity contribution in [3.05, 3.63) is 0 Å². The number of hydrogen-bond acceptors (Lipinski definition) is 0. The summed E-state index contributed by atoms with van der Waals surface area (Å²) in [6.07, 6.45) is 11.1. The van der Waals surface area contributed by atoms with Crippen LogP contribution in [0.4, 0.5) is 104 Å². The van der Waals surface area contributed by atoms with Gasteiger partial charge in [-0.25, -0.2) is 0 Å². The van der Waals surface area contributed by atoms with Gasteiger partial charge in [-0.3, -0.25) is 0 Å². The maximum atomic E-state index is 9.75. The highest BCUT2D eigenvalue weighted by atomic mass is 19.5. The third kappa shape index (κ3) is 233. The second kappa shape index (κ2) is 30.7. The summed E-state index contributed by atoms with van der Waals surface area (Å²) >= 11 is 0. The van der Waals surface area contributed by atoms with Crippen molar-refractivity contribution in [2.45, 2.75) is 79.1 Å². The molecule has 0 atom stereocenters. The topological polar surface area (TPSA) is 0 Å². The van der Waals surface area contributed by atoms with Gasteiger partial charge in [-0.15, -0.1) is 0 Å². The van der Waals surface area contributed by atoms with Gasteiger partial charge in [0.1, 0.15) is 0 Å². The van der Waals surface area contributed by atoms with Gasteiger partial charge >= 0.3 is 43.5 Å². The predicted octanol–water partition coefficient (Wildman–Crippen LogP) is 12.8. The van der Waals surface area contributed by atoms with Gasteiger partial charge < -0.3 is 108 Å². The molecule has 0 aromatic heterocycles. The Morgan fingerprint density at radius 3 is 0.404 bits per heavy atom. The molecule has 0 aliphatic rings. The number of unbranched alkanes of at least 4 members (excludes halogenated alkanes) is 4. The Kier molecular flexibility index (Phi) is 39.8. The molecular weight excluding hydrogens is 727 g/mol. The van der Waals surface area contributed by atoms with Gasteiger partial charge in [0.2, 0.25) is 0 Å². The zero-order valence-corrected chi connectivity index (χ0v) is 25.5.